The molecule has 86 valence electrons. The van der Waals surface area contributed by atoms with Crippen LogP contribution < -0.4 is 16.6 Å². The highest BCUT2D eigenvalue weighted by Crippen LogP contribution is 2.03. The first-order chi connectivity index (χ1) is 8.16. The van der Waals surface area contributed by atoms with Gasteiger partial charge in [-0.05, 0) is 12.1 Å². The molecule has 1 amide bonds. The standard InChI is InChI=1S/C11H10N4O2/c12-11-13-6-8(10(17)15-11)14-9(16)7-4-2-1-3-5-7/h1-6H,(H,14,16)(H3,12,13,15,17). The Morgan fingerprint density at radius 3 is 2.65 bits per heavy atom. The summed E-state index contributed by atoms with van der Waals surface area (Å²) < 4.78 is 0. The minimum Gasteiger partial charge on any atom is -0.369 e. The van der Waals surface area contributed by atoms with Gasteiger partial charge >= 0.3 is 0 Å². The molecule has 0 unspecified atom stereocenters. The minimum absolute atomic E-state index is 0.00714. The van der Waals surface area contributed by atoms with E-state index in [9.17, 15) is 9.59 Å². The van der Waals surface area contributed by atoms with Gasteiger partial charge in [-0.2, -0.15) is 0 Å². The number of hydrogen-bond acceptors (Lipinski definition) is 4. The summed E-state index contributed by atoms with van der Waals surface area (Å²) in [4.78, 5) is 29.1. The molecular formula is C11H10N4O2. The fraction of sp³-hybridized carbons (Fsp3) is 0. The molecule has 0 aliphatic rings. The molecule has 0 fully saturated rings. The van der Waals surface area contributed by atoms with Crippen molar-refractivity contribution in [3.05, 3.63) is 52.4 Å². The number of carbonyl (C=O) groups excluding carboxylic acids is 1. The number of amides is 1. The molecule has 6 heteroatoms. The summed E-state index contributed by atoms with van der Waals surface area (Å²) in [5, 5.41) is 2.45. The van der Waals surface area contributed by atoms with Crippen molar-refractivity contribution in [1.82, 2.24) is 9.97 Å². The Morgan fingerprint density at radius 2 is 2.00 bits per heavy atom. The molecule has 1 heterocycles. The van der Waals surface area contributed by atoms with Crippen LogP contribution in [0, 0.1) is 0 Å². The number of H-pyrrole nitrogens is 1. The fourth-order valence-corrected chi connectivity index (χ4v) is 1.28. The number of carbonyl (C=O) groups is 1. The van der Waals surface area contributed by atoms with Crippen molar-refractivity contribution < 1.29 is 4.79 Å². The molecule has 0 bridgehead atoms. The first-order valence-electron chi connectivity index (χ1n) is 4.88. The molecule has 6 nitrogen and oxygen atoms in total. The van der Waals surface area contributed by atoms with Crippen LogP contribution in [0.5, 0.6) is 0 Å². The van der Waals surface area contributed by atoms with Crippen LogP contribution in [0.4, 0.5) is 11.6 Å². The van der Waals surface area contributed by atoms with Gasteiger partial charge in [0.05, 0.1) is 6.20 Å². The average Bonchev–Trinajstić information content (AvgIpc) is 2.34. The van der Waals surface area contributed by atoms with E-state index < -0.39 is 5.56 Å². The largest absolute Gasteiger partial charge is 0.369 e. The van der Waals surface area contributed by atoms with E-state index in [0.29, 0.717) is 5.56 Å². The number of hydrogen-bond donors (Lipinski definition) is 3. The zero-order valence-electron chi connectivity index (χ0n) is 8.81. The van der Waals surface area contributed by atoms with Crippen LogP contribution in [-0.4, -0.2) is 15.9 Å². The minimum atomic E-state index is -0.484. The van der Waals surface area contributed by atoms with Crippen LogP contribution in [0.2, 0.25) is 0 Å². The number of aromatic amines is 1. The van der Waals surface area contributed by atoms with Gasteiger partial charge < -0.3 is 11.1 Å². The lowest BCUT2D eigenvalue weighted by molar-refractivity contribution is 0.102. The molecule has 0 atom stereocenters. The van der Waals surface area contributed by atoms with E-state index in [-0.39, 0.29) is 17.5 Å². The van der Waals surface area contributed by atoms with Gasteiger partial charge in [0.2, 0.25) is 0 Å². The lowest BCUT2D eigenvalue weighted by Crippen LogP contribution is -2.21. The first kappa shape index (κ1) is 10.9. The van der Waals surface area contributed by atoms with Gasteiger partial charge in [-0.3, -0.25) is 14.6 Å². The van der Waals surface area contributed by atoms with E-state index >= 15 is 0 Å². The number of benzene rings is 1. The SMILES string of the molecule is Nc1ncc(NC(=O)c2ccccc2)c(=O)[nH]1. The third kappa shape index (κ3) is 2.49. The van der Waals surface area contributed by atoms with Gasteiger partial charge in [0.25, 0.3) is 11.5 Å². The molecule has 2 aromatic rings. The summed E-state index contributed by atoms with van der Waals surface area (Å²) >= 11 is 0. The van der Waals surface area contributed by atoms with Gasteiger partial charge in [0.15, 0.2) is 5.95 Å². The molecule has 17 heavy (non-hydrogen) atoms. The summed E-state index contributed by atoms with van der Waals surface area (Å²) in [5.74, 6) is -0.365. The number of nitrogen functional groups attached to an aromatic ring is 1. The van der Waals surface area contributed by atoms with Crippen molar-refractivity contribution in [1.29, 1.82) is 0 Å². The number of nitrogens with zero attached hydrogens (tertiary/aromatic N) is 1. The normalized spacial score (nSPS) is 9.88. The van der Waals surface area contributed by atoms with Crippen LogP contribution in [0.15, 0.2) is 41.3 Å². The Labute approximate surface area is 96.5 Å². The van der Waals surface area contributed by atoms with Gasteiger partial charge in [-0.15, -0.1) is 0 Å². The lowest BCUT2D eigenvalue weighted by Gasteiger charge is -2.03. The fourth-order valence-electron chi connectivity index (χ4n) is 1.28. The molecule has 4 N–H and O–H groups in total. The molecule has 0 saturated heterocycles. The highest BCUT2D eigenvalue weighted by atomic mass is 16.2. The van der Waals surface area contributed by atoms with Gasteiger partial charge in [-0.1, -0.05) is 18.2 Å². The molecule has 2 rings (SSSR count). The van der Waals surface area contributed by atoms with Crippen molar-refractivity contribution in [3.8, 4) is 0 Å². The van der Waals surface area contributed by atoms with Gasteiger partial charge in [0, 0.05) is 5.56 Å². The topological polar surface area (TPSA) is 101 Å². The quantitative estimate of drug-likeness (QED) is 0.703. The Balaban J connectivity index is 2.22. The summed E-state index contributed by atoms with van der Waals surface area (Å²) in [7, 11) is 0. The Hall–Kier alpha value is -2.63. The molecule has 0 saturated carbocycles. The molecule has 0 aliphatic heterocycles. The third-order valence-corrected chi connectivity index (χ3v) is 2.10. The highest BCUT2D eigenvalue weighted by Gasteiger charge is 2.08. The lowest BCUT2D eigenvalue weighted by atomic mass is 10.2. The van der Waals surface area contributed by atoms with Crippen LogP contribution in [0.1, 0.15) is 10.4 Å². The smallest absolute Gasteiger partial charge is 0.276 e. The average molecular weight is 230 g/mol. The van der Waals surface area contributed by atoms with E-state index in [4.69, 9.17) is 5.73 Å². The third-order valence-electron chi connectivity index (χ3n) is 2.10. The summed E-state index contributed by atoms with van der Waals surface area (Å²) in [6.07, 6.45) is 1.22. The summed E-state index contributed by atoms with van der Waals surface area (Å²) in [6.45, 7) is 0. The predicted octanol–water partition coefficient (Wildman–Crippen LogP) is 0.604. The number of aromatic nitrogens is 2. The van der Waals surface area contributed by atoms with Crippen molar-refractivity contribution in [3.63, 3.8) is 0 Å². The monoisotopic (exact) mass is 230 g/mol. The molecule has 1 aromatic carbocycles. The van der Waals surface area contributed by atoms with Crippen LogP contribution >= 0.6 is 0 Å². The maximum atomic E-state index is 11.7. The second kappa shape index (κ2) is 4.48. The maximum absolute atomic E-state index is 11.7. The Morgan fingerprint density at radius 1 is 1.29 bits per heavy atom. The van der Waals surface area contributed by atoms with Crippen LogP contribution in [-0.2, 0) is 0 Å². The van der Waals surface area contributed by atoms with Crippen molar-refractivity contribution in [2.75, 3.05) is 11.1 Å². The zero-order valence-corrected chi connectivity index (χ0v) is 8.81. The number of rotatable bonds is 2. The van der Waals surface area contributed by atoms with E-state index in [1.54, 1.807) is 30.3 Å². The molecular weight excluding hydrogens is 220 g/mol. The maximum Gasteiger partial charge on any atom is 0.276 e. The van der Waals surface area contributed by atoms with E-state index in [1.165, 1.54) is 6.20 Å². The Bertz CT molecular complexity index is 592. The van der Waals surface area contributed by atoms with Crippen LogP contribution in [0.3, 0.4) is 0 Å². The van der Waals surface area contributed by atoms with Crippen LogP contribution in [0.25, 0.3) is 0 Å². The number of anilines is 2. The van der Waals surface area contributed by atoms with E-state index in [1.807, 2.05) is 0 Å². The molecule has 1 aromatic heterocycles. The molecule has 0 aliphatic carbocycles. The summed E-state index contributed by atoms with van der Waals surface area (Å²) in [5.41, 5.74) is 5.33. The second-order valence-electron chi connectivity index (χ2n) is 3.33. The highest BCUT2D eigenvalue weighted by molar-refractivity contribution is 6.04. The van der Waals surface area contributed by atoms with E-state index in [0.717, 1.165) is 0 Å². The van der Waals surface area contributed by atoms with E-state index in [2.05, 4.69) is 15.3 Å². The van der Waals surface area contributed by atoms with Gasteiger partial charge in [-0.25, -0.2) is 4.98 Å². The number of nitrogens with one attached hydrogen (secondary N) is 2. The van der Waals surface area contributed by atoms with Crippen molar-refractivity contribution in [2.45, 2.75) is 0 Å². The van der Waals surface area contributed by atoms with Crippen molar-refractivity contribution in [2.24, 2.45) is 0 Å². The first-order valence-corrected chi connectivity index (χ1v) is 4.88. The second-order valence-corrected chi connectivity index (χ2v) is 3.33. The molecule has 0 radical (unpaired) electrons. The molecule has 0 spiro atoms. The van der Waals surface area contributed by atoms with Gasteiger partial charge in [0.1, 0.15) is 5.69 Å². The van der Waals surface area contributed by atoms with Crippen molar-refractivity contribution >= 4 is 17.5 Å². The Kier molecular flexibility index (Phi) is 2.87. The summed E-state index contributed by atoms with van der Waals surface area (Å²) in [6, 6.07) is 8.57. The predicted molar refractivity (Wildman–Crippen MR) is 63.7 cm³/mol. The number of nitrogens with two attached hydrogens (primary N) is 1. The zero-order chi connectivity index (χ0) is 12.3.